The number of aromatic nitrogens is 3. The van der Waals surface area contributed by atoms with E-state index in [2.05, 4.69) is 144 Å². The van der Waals surface area contributed by atoms with Crippen LogP contribution in [0.1, 0.15) is 0 Å². The fourth-order valence-corrected chi connectivity index (χ4v) is 8.69. The third kappa shape index (κ3) is 4.96. The van der Waals surface area contributed by atoms with Gasteiger partial charge in [-0.3, -0.25) is 0 Å². The maximum absolute atomic E-state index is 6.24. The van der Waals surface area contributed by atoms with Crippen LogP contribution in [0.15, 0.2) is 197 Å². The van der Waals surface area contributed by atoms with Crippen molar-refractivity contribution in [3.05, 3.63) is 188 Å². The third-order valence-corrected chi connectivity index (χ3v) is 11.3. The Morgan fingerprint density at radius 1 is 0.333 bits per heavy atom. The lowest BCUT2D eigenvalue weighted by molar-refractivity contribution is 0.619. The normalized spacial score (nSPS) is 11.9. The summed E-state index contributed by atoms with van der Waals surface area (Å²) < 4.78 is 14.8. The highest BCUT2D eigenvalue weighted by molar-refractivity contribution is 6.21. The topological polar surface area (TPSA) is 57.0 Å². The molecule has 0 aliphatic rings. The van der Waals surface area contributed by atoms with Crippen molar-refractivity contribution in [2.24, 2.45) is 0 Å². The number of benzene rings is 9. The Hall–Kier alpha value is -7.76. The average Bonchev–Trinajstić information content (AvgIpc) is 4.00. The molecule has 57 heavy (non-hydrogen) atoms. The number of fused-ring (bicyclic) bond motifs is 7. The molecule has 0 saturated carbocycles. The van der Waals surface area contributed by atoms with E-state index >= 15 is 0 Å². The zero-order valence-electron chi connectivity index (χ0n) is 30.6. The van der Waals surface area contributed by atoms with E-state index in [1.807, 2.05) is 48.5 Å². The molecule has 0 N–H and O–H groups in total. The second-order valence-corrected chi connectivity index (χ2v) is 14.5. The lowest BCUT2D eigenvalue weighted by atomic mass is 9.86. The van der Waals surface area contributed by atoms with Gasteiger partial charge in [0.2, 0.25) is 11.8 Å². The van der Waals surface area contributed by atoms with E-state index in [1.54, 1.807) is 0 Å². The van der Waals surface area contributed by atoms with Gasteiger partial charge in [-0.2, -0.15) is 0 Å². The molecule has 0 fully saturated rings. The van der Waals surface area contributed by atoms with Crippen LogP contribution in [0.25, 0.3) is 116 Å². The van der Waals surface area contributed by atoms with Gasteiger partial charge in [-0.15, -0.1) is 0 Å². The van der Waals surface area contributed by atoms with Gasteiger partial charge >= 0.3 is 0 Å². The maximum atomic E-state index is 6.24. The molecule has 0 aliphatic carbocycles. The summed E-state index contributed by atoms with van der Waals surface area (Å²) in [6.07, 6.45) is 0. The van der Waals surface area contributed by atoms with Crippen LogP contribution in [-0.4, -0.2) is 14.5 Å². The van der Waals surface area contributed by atoms with Gasteiger partial charge < -0.3 is 13.4 Å². The number of para-hydroxylation sites is 4. The number of rotatable bonds is 5. The molecular formula is C52H31N3O2. The van der Waals surface area contributed by atoms with E-state index in [-0.39, 0.29) is 0 Å². The van der Waals surface area contributed by atoms with Crippen LogP contribution < -0.4 is 0 Å². The van der Waals surface area contributed by atoms with Crippen LogP contribution in [0.3, 0.4) is 0 Å². The Morgan fingerprint density at radius 3 is 1.21 bits per heavy atom. The molecule has 0 amide bonds. The van der Waals surface area contributed by atoms with Crippen molar-refractivity contribution in [1.82, 2.24) is 14.5 Å². The molecule has 0 saturated heterocycles. The Bertz CT molecular complexity index is 3260. The van der Waals surface area contributed by atoms with Crippen LogP contribution in [0.4, 0.5) is 0 Å². The zero-order valence-corrected chi connectivity index (χ0v) is 30.6. The summed E-state index contributed by atoms with van der Waals surface area (Å²) in [6.45, 7) is 0. The molecule has 0 spiro atoms. The zero-order chi connectivity index (χ0) is 37.5. The van der Waals surface area contributed by atoms with Gasteiger partial charge in [-0.25, -0.2) is 9.97 Å². The molecule has 0 unspecified atom stereocenters. The summed E-state index contributed by atoms with van der Waals surface area (Å²) in [5.74, 6) is 1.19. The molecule has 266 valence electrons. The van der Waals surface area contributed by atoms with Gasteiger partial charge in [0.1, 0.15) is 11.0 Å². The predicted molar refractivity (Wildman–Crippen MR) is 233 cm³/mol. The number of hydrogen-bond donors (Lipinski definition) is 0. The Balaban J connectivity index is 1.05. The molecule has 3 heterocycles. The van der Waals surface area contributed by atoms with Crippen LogP contribution >= 0.6 is 0 Å². The van der Waals surface area contributed by atoms with Crippen molar-refractivity contribution in [1.29, 1.82) is 0 Å². The minimum atomic E-state index is 0.594. The number of nitrogens with zero attached hydrogens (tertiary/aromatic N) is 3. The van der Waals surface area contributed by atoms with E-state index in [4.69, 9.17) is 18.8 Å². The highest BCUT2D eigenvalue weighted by atomic mass is 16.4. The van der Waals surface area contributed by atoms with Crippen molar-refractivity contribution in [3.63, 3.8) is 0 Å². The minimum Gasteiger partial charge on any atom is -0.436 e. The maximum Gasteiger partial charge on any atom is 0.227 e. The van der Waals surface area contributed by atoms with E-state index in [9.17, 15) is 0 Å². The summed E-state index contributed by atoms with van der Waals surface area (Å²) in [4.78, 5) is 9.66. The first kappa shape index (κ1) is 31.6. The highest BCUT2D eigenvalue weighted by Gasteiger charge is 2.20. The SMILES string of the molecule is c1ccc(-c2c3ccccc3c(-c3ccc(-n4c5ccc(-c6nc7ccccc7o6)cc5c5cc(-c6nc7ccccc7o6)ccc54)cc3)c3ccccc23)cc1. The quantitative estimate of drug-likeness (QED) is 0.166. The number of oxazole rings is 2. The van der Waals surface area contributed by atoms with Gasteiger partial charge in [0.25, 0.3) is 0 Å². The van der Waals surface area contributed by atoms with Gasteiger partial charge in [-0.1, -0.05) is 115 Å². The van der Waals surface area contributed by atoms with Crippen molar-refractivity contribution in [3.8, 4) is 50.8 Å². The minimum absolute atomic E-state index is 0.594. The van der Waals surface area contributed by atoms with Gasteiger partial charge in [0.15, 0.2) is 11.2 Å². The fourth-order valence-electron chi connectivity index (χ4n) is 8.69. The van der Waals surface area contributed by atoms with Crippen LogP contribution in [0, 0.1) is 0 Å². The van der Waals surface area contributed by atoms with Crippen molar-refractivity contribution >= 4 is 65.6 Å². The smallest absolute Gasteiger partial charge is 0.227 e. The van der Waals surface area contributed by atoms with E-state index in [0.29, 0.717) is 11.8 Å². The van der Waals surface area contributed by atoms with Crippen LogP contribution in [0.2, 0.25) is 0 Å². The van der Waals surface area contributed by atoms with Crippen molar-refractivity contribution in [2.75, 3.05) is 0 Å². The first-order chi connectivity index (χ1) is 28.2. The Labute approximate surface area is 326 Å². The van der Waals surface area contributed by atoms with Gasteiger partial charge in [0.05, 0.1) is 11.0 Å². The van der Waals surface area contributed by atoms with E-state index < -0.39 is 0 Å². The summed E-state index contributed by atoms with van der Waals surface area (Å²) in [5, 5.41) is 7.12. The lowest BCUT2D eigenvalue weighted by Gasteiger charge is -2.18. The Morgan fingerprint density at radius 2 is 0.737 bits per heavy atom. The first-order valence-electron chi connectivity index (χ1n) is 19.1. The molecule has 5 nitrogen and oxygen atoms in total. The average molecular weight is 730 g/mol. The molecule has 12 rings (SSSR count). The monoisotopic (exact) mass is 729 g/mol. The van der Waals surface area contributed by atoms with Crippen molar-refractivity contribution < 1.29 is 8.83 Å². The van der Waals surface area contributed by atoms with Gasteiger partial charge in [0, 0.05) is 27.6 Å². The highest BCUT2D eigenvalue weighted by Crippen LogP contribution is 2.44. The molecule has 0 radical (unpaired) electrons. The summed E-state index contributed by atoms with van der Waals surface area (Å²) >= 11 is 0. The van der Waals surface area contributed by atoms with Crippen LogP contribution in [0.5, 0.6) is 0 Å². The second kappa shape index (κ2) is 12.4. The van der Waals surface area contributed by atoms with Crippen LogP contribution in [-0.2, 0) is 0 Å². The molecule has 5 heteroatoms. The van der Waals surface area contributed by atoms with Crippen molar-refractivity contribution in [2.45, 2.75) is 0 Å². The molecule has 0 atom stereocenters. The largest absolute Gasteiger partial charge is 0.436 e. The standard InChI is InChI=1S/C52H31N3O2/c1-2-12-32(13-3-1)49-37-14-4-6-16-39(37)50(40-17-7-5-15-38(40)49)33-22-26-36(27-23-33)55-45-28-24-34(51-53-43-18-8-10-20-47(43)56-51)30-41(45)42-31-35(25-29-46(42)55)52-54-44-19-9-11-21-48(44)57-52/h1-31H. The Kier molecular flexibility index (Phi) is 6.86. The summed E-state index contributed by atoms with van der Waals surface area (Å²) in [5.41, 5.74) is 13.2. The molecule has 12 aromatic rings. The van der Waals surface area contributed by atoms with E-state index in [1.165, 1.54) is 43.8 Å². The predicted octanol–water partition coefficient (Wildman–Crippen LogP) is 14.0. The summed E-state index contributed by atoms with van der Waals surface area (Å²) in [6, 6.07) is 66.1. The summed E-state index contributed by atoms with van der Waals surface area (Å²) in [7, 11) is 0. The number of hydrogen-bond acceptors (Lipinski definition) is 4. The molecule has 9 aromatic carbocycles. The third-order valence-electron chi connectivity index (χ3n) is 11.3. The van der Waals surface area contributed by atoms with Gasteiger partial charge in [-0.05, 0) is 117 Å². The molecule has 0 bridgehead atoms. The lowest BCUT2D eigenvalue weighted by Crippen LogP contribution is -1.95. The molecule has 0 aliphatic heterocycles. The second-order valence-electron chi connectivity index (χ2n) is 14.5. The fraction of sp³-hybridized carbons (Fsp3) is 0. The first-order valence-corrected chi connectivity index (χ1v) is 19.1. The molecular weight excluding hydrogens is 699 g/mol. The van der Waals surface area contributed by atoms with E-state index in [0.717, 1.165) is 60.8 Å². The molecule has 3 aromatic heterocycles.